The highest BCUT2D eigenvalue weighted by Crippen LogP contribution is 2.23. The van der Waals surface area contributed by atoms with Crippen molar-refractivity contribution in [1.29, 1.82) is 0 Å². The largest absolute Gasteiger partial charge is 0.513 e. The smallest absolute Gasteiger partial charge is 0.432 e. The summed E-state index contributed by atoms with van der Waals surface area (Å²) >= 11 is 0. The van der Waals surface area contributed by atoms with Crippen molar-refractivity contribution >= 4 is 47.4 Å². The predicted molar refractivity (Wildman–Crippen MR) is 226 cm³/mol. The number of nitro groups is 4. The molecule has 368 valence electrons. The lowest BCUT2D eigenvalue weighted by Crippen LogP contribution is -2.43. The van der Waals surface area contributed by atoms with Crippen molar-refractivity contribution < 1.29 is 95.7 Å². The summed E-state index contributed by atoms with van der Waals surface area (Å²) in [5, 5.41) is 43.6. The maximum absolute atomic E-state index is 12.3. The quantitative estimate of drug-likeness (QED) is 0.0146. The zero-order chi connectivity index (χ0) is 50.0. The first-order valence-corrected chi connectivity index (χ1v) is 19.8. The average Bonchev–Trinajstić information content (AvgIpc) is 3.31. The molecule has 4 rings (SSSR count). The molecular formula is C41H40N4O24. The fraction of sp³-hybridized carbons (Fsp3) is 0.317. The highest BCUT2D eigenvalue weighted by molar-refractivity contribution is 5.65. The minimum atomic E-state index is -1.28. The first-order valence-electron chi connectivity index (χ1n) is 19.8. The Balaban J connectivity index is 1.36. The summed E-state index contributed by atoms with van der Waals surface area (Å²) in [6, 6.07) is 18.5. The molecule has 0 fully saturated rings. The van der Waals surface area contributed by atoms with Gasteiger partial charge in [-0.05, 0) is 48.5 Å². The van der Waals surface area contributed by atoms with Gasteiger partial charge in [-0.2, -0.15) is 0 Å². The van der Waals surface area contributed by atoms with E-state index in [9.17, 15) is 59.6 Å². The Hall–Kier alpha value is -8.60. The Kier molecular flexibility index (Phi) is 21.3. The third-order valence-corrected chi connectivity index (χ3v) is 8.42. The Morgan fingerprint density at radius 2 is 0.522 bits per heavy atom. The summed E-state index contributed by atoms with van der Waals surface area (Å²) in [6.45, 7) is -3.45. The van der Waals surface area contributed by atoms with Crippen molar-refractivity contribution in [2.75, 3.05) is 79.3 Å². The van der Waals surface area contributed by atoms with Crippen molar-refractivity contribution in [3.63, 3.8) is 0 Å². The molecule has 0 heterocycles. The molecule has 0 aromatic heterocycles. The van der Waals surface area contributed by atoms with Crippen LogP contribution in [0.25, 0.3) is 0 Å². The second-order valence-electron chi connectivity index (χ2n) is 13.5. The zero-order valence-electron chi connectivity index (χ0n) is 35.8. The average molecular weight is 973 g/mol. The molecule has 0 aliphatic heterocycles. The number of hydrogen-bond acceptors (Lipinski definition) is 24. The van der Waals surface area contributed by atoms with Crippen molar-refractivity contribution in [2.45, 2.75) is 0 Å². The van der Waals surface area contributed by atoms with Crippen LogP contribution in [0.4, 0.5) is 41.9 Å². The number of nitro benzene ring substituents is 4. The van der Waals surface area contributed by atoms with Gasteiger partial charge in [-0.15, -0.1) is 0 Å². The molecule has 4 aromatic rings. The van der Waals surface area contributed by atoms with E-state index in [0.717, 1.165) is 48.5 Å². The van der Waals surface area contributed by atoms with Gasteiger partial charge in [0.1, 0.15) is 49.4 Å². The molecule has 0 saturated carbocycles. The van der Waals surface area contributed by atoms with Gasteiger partial charge in [0.05, 0.1) is 78.0 Å². The lowest BCUT2D eigenvalue weighted by atomic mass is 9.92. The lowest BCUT2D eigenvalue weighted by Gasteiger charge is -2.33. The van der Waals surface area contributed by atoms with Crippen LogP contribution in [0.15, 0.2) is 97.1 Å². The molecule has 0 aliphatic carbocycles. The van der Waals surface area contributed by atoms with E-state index in [2.05, 4.69) is 0 Å². The van der Waals surface area contributed by atoms with Gasteiger partial charge in [0.25, 0.3) is 22.7 Å². The molecule has 0 radical (unpaired) electrons. The Morgan fingerprint density at radius 3 is 0.696 bits per heavy atom. The molecule has 0 saturated heterocycles. The van der Waals surface area contributed by atoms with Gasteiger partial charge in [-0.3, -0.25) is 40.5 Å². The van der Waals surface area contributed by atoms with Gasteiger partial charge >= 0.3 is 24.6 Å². The Morgan fingerprint density at radius 1 is 0.333 bits per heavy atom. The summed E-state index contributed by atoms with van der Waals surface area (Å²) in [7, 11) is 0. The monoisotopic (exact) mass is 972 g/mol. The van der Waals surface area contributed by atoms with Crippen molar-refractivity contribution in [3.05, 3.63) is 138 Å². The molecule has 0 N–H and O–H groups in total. The van der Waals surface area contributed by atoms with Crippen LogP contribution >= 0.6 is 0 Å². The number of rotatable bonds is 28. The highest BCUT2D eigenvalue weighted by Gasteiger charge is 2.33. The number of carbonyl (C=O) groups excluding carboxylic acids is 4. The molecule has 0 atom stereocenters. The van der Waals surface area contributed by atoms with E-state index < -0.39 is 49.7 Å². The molecule has 28 nitrogen and oxygen atoms in total. The SMILES string of the molecule is O=C(OCCOCC(COCCOC(=O)Oc1ccc([N+](=O)[O-])cc1)(COCCOC(=O)Oc1ccc([N+](=O)[O-])cc1)COCCOC(=O)Oc1ccc([N+](=O)[O-])cc1)Oc1ccc([N+](=O)[O-])cc1. The van der Waals surface area contributed by atoms with Gasteiger partial charge in [-0.25, -0.2) is 19.2 Å². The number of nitrogens with zero attached hydrogens (tertiary/aromatic N) is 4. The molecule has 0 aliphatic rings. The zero-order valence-corrected chi connectivity index (χ0v) is 35.8. The van der Waals surface area contributed by atoms with Gasteiger partial charge in [-0.1, -0.05) is 0 Å². The molecule has 0 spiro atoms. The van der Waals surface area contributed by atoms with Crippen LogP contribution in [-0.4, -0.2) is 124 Å². The minimum absolute atomic E-state index is 0.0345. The van der Waals surface area contributed by atoms with Gasteiger partial charge < -0.3 is 56.8 Å². The topological polar surface area (TPSA) is 352 Å². The van der Waals surface area contributed by atoms with Crippen molar-refractivity contribution in [1.82, 2.24) is 0 Å². The Labute approximate surface area is 387 Å². The summed E-state index contributed by atoms with van der Waals surface area (Å²) in [5.41, 5.74) is -2.21. The van der Waals surface area contributed by atoms with Crippen LogP contribution in [0.5, 0.6) is 23.0 Å². The van der Waals surface area contributed by atoms with Crippen LogP contribution < -0.4 is 18.9 Å². The molecule has 0 amide bonds. The van der Waals surface area contributed by atoms with E-state index in [4.69, 9.17) is 56.8 Å². The normalized spacial score (nSPS) is 10.8. The number of carbonyl (C=O) groups is 4. The molecule has 28 heteroatoms. The first-order chi connectivity index (χ1) is 33.1. The van der Waals surface area contributed by atoms with E-state index in [-0.39, 0.29) is 125 Å². The van der Waals surface area contributed by atoms with E-state index in [1.54, 1.807) is 0 Å². The summed E-state index contributed by atoms with van der Waals surface area (Å²) in [5.74, 6) is -0.138. The van der Waals surface area contributed by atoms with E-state index in [0.29, 0.717) is 0 Å². The molecule has 4 aromatic carbocycles. The van der Waals surface area contributed by atoms with Gasteiger partial charge in [0, 0.05) is 48.5 Å². The summed E-state index contributed by atoms with van der Waals surface area (Å²) < 4.78 is 63.4. The van der Waals surface area contributed by atoms with Crippen LogP contribution in [-0.2, 0) is 37.9 Å². The fourth-order valence-corrected chi connectivity index (χ4v) is 5.19. The van der Waals surface area contributed by atoms with E-state index >= 15 is 0 Å². The summed E-state index contributed by atoms with van der Waals surface area (Å²) in [6.07, 6.45) is -4.61. The number of non-ortho nitro benzene ring substituents is 4. The van der Waals surface area contributed by atoms with E-state index in [1.165, 1.54) is 48.5 Å². The maximum Gasteiger partial charge on any atom is 0.513 e. The van der Waals surface area contributed by atoms with Crippen LogP contribution in [0.2, 0.25) is 0 Å². The van der Waals surface area contributed by atoms with Gasteiger partial charge in [0.2, 0.25) is 0 Å². The number of ether oxygens (including phenoxy) is 12. The van der Waals surface area contributed by atoms with E-state index in [1.807, 2.05) is 0 Å². The van der Waals surface area contributed by atoms with Crippen LogP contribution in [0, 0.1) is 45.9 Å². The number of hydrogen-bond donors (Lipinski definition) is 0. The highest BCUT2D eigenvalue weighted by atomic mass is 16.7. The standard InChI is InChI=1S/C41H40N4O24/c46-37(66-33-9-1-29(2-10-33)42(50)51)62-21-17-58-25-41(26-59-18-22-63-38(47)67-34-11-3-30(4-12-34)43(52)53,27-60-19-23-64-39(48)68-35-13-5-31(6-14-35)44(54)55)28-61-20-24-65-40(49)69-36-15-7-32(8-16-36)45(56)57/h1-16H,17-28H2. The lowest BCUT2D eigenvalue weighted by molar-refractivity contribution is -0.385. The van der Waals surface area contributed by atoms with Crippen LogP contribution in [0.3, 0.4) is 0 Å². The predicted octanol–water partition coefficient (Wildman–Crippen LogP) is 6.53. The van der Waals surface area contributed by atoms with Crippen molar-refractivity contribution in [2.24, 2.45) is 5.41 Å². The molecule has 0 unspecified atom stereocenters. The fourth-order valence-electron chi connectivity index (χ4n) is 5.19. The second-order valence-corrected chi connectivity index (χ2v) is 13.5. The second kappa shape index (κ2) is 27.8. The molecule has 69 heavy (non-hydrogen) atoms. The Bertz CT molecular complexity index is 2020. The van der Waals surface area contributed by atoms with Crippen LogP contribution in [0.1, 0.15) is 0 Å². The maximum atomic E-state index is 12.3. The van der Waals surface area contributed by atoms with Crippen molar-refractivity contribution in [3.8, 4) is 23.0 Å². The first kappa shape index (κ1) is 53.0. The molecule has 0 bridgehead atoms. The minimum Gasteiger partial charge on any atom is -0.432 e. The number of benzene rings is 4. The third-order valence-electron chi connectivity index (χ3n) is 8.42. The summed E-state index contributed by atoms with van der Waals surface area (Å²) in [4.78, 5) is 90.1. The third kappa shape index (κ3) is 19.8. The van der Waals surface area contributed by atoms with Gasteiger partial charge in [0.15, 0.2) is 0 Å². The molecular weight excluding hydrogens is 932 g/mol.